The minimum atomic E-state index is -4.33. The first-order valence-electron chi connectivity index (χ1n) is 10.9. The molecule has 7 nitrogen and oxygen atoms in total. The summed E-state index contributed by atoms with van der Waals surface area (Å²) in [6.07, 6.45) is -2.30. The molecule has 0 radical (unpaired) electrons. The van der Waals surface area contributed by atoms with Crippen molar-refractivity contribution in [2.45, 2.75) is 51.9 Å². The number of para-hydroxylation sites is 1. The fourth-order valence-corrected chi connectivity index (χ4v) is 4.22. The lowest BCUT2D eigenvalue weighted by molar-refractivity contribution is -0.137. The number of amides is 1. The highest BCUT2D eigenvalue weighted by Crippen LogP contribution is 2.27. The standard InChI is InChI=1S/C23H25F3N4O3/c1-2-33-22(32)21-17-14-29(11-9-19(17)30(28-21)12-10-23(24,25)26)20(31)8-7-15-13-27-18-6-4-3-5-16(15)18/h3-6,13,27H,2,7-12,14H2,1H3. The number of aromatic amines is 1. The number of esters is 1. The fraction of sp³-hybridized carbons (Fsp3) is 0.435. The van der Waals surface area contributed by atoms with Crippen LogP contribution in [0.3, 0.4) is 0 Å². The molecule has 1 amide bonds. The Kier molecular flexibility index (Phi) is 6.44. The SMILES string of the molecule is CCOC(=O)c1nn(CCC(F)(F)F)c2c1CN(C(=O)CCc1c[nH]c3ccccc13)CC2. The molecule has 0 saturated heterocycles. The molecule has 1 aliphatic heterocycles. The molecule has 3 aromatic rings. The molecule has 0 atom stereocenters. The summed E-state index contributed by atoms with van der Waals surface area (Å²) in [5.74, 6) is -0.767. The van der Waals surface area contributed by atoms with Crippen molar-refractivity contribution in [3.05, 3.63) is 53.0 Å². The van der Waals surface area contributed by atoms with Crippen LogP contribution in [0.5, 0.6) is 0 Å². The van der Waals surface area contributed by atoms with Gasteiger partial charge in [0.1, 0.15) is 0 Å². The van der Waals surface area contributed by atoms with Crippen molar-refractivity contribution in [3.63, 3.8) is 0 Å². The quantitative estimate of drug-likeness (QED) is 0.538. The molecule has 0 fully saturated rings. The van der Waals surface area contributed by atoms with Crippen molar-refractivity contribution in [2.24, 2.45) is 0 Å². The minimum Gasteiger partial charge on any atom is -0.461 e. The number of nitrogens with zero attached hydrogens (tertiary/aromatic N) is 3. The number of alkyl halides is 3. The molecule has 0 aliphatic carbocycles. The highest BCUT2D eigenvalue weighted by Gasteiger charge is 2.33. The van der Waals surface area contributed by atoms with E-state index in [1.165, 1.54) is 4.68 Å². The van der Waals surface area contributed by atoms with Gasteiger partial charge in [-0.15, -0.1) is 0 Å². The summed E-state index contributed by atoms with van der Waals surface area (Å²) >= 11 is 0. The Hall–Kier alpha value is -3.30. The zero-order chi connectivity index (χ0) is 23.6. The van der Waals surface area contributed by atoms with Crippen LogP contribution in [0.15, 0.2) is 30.5 Å². The van der Waals surface area contributed by atoms with Crippen LogP contribution in [0, 0.1) is 0 Å². The Morgan fingerprint density at radius 2 is 2.03 bits per heavy atom. The molecule has 0 saturated carbocycles. The number of ether oxygens (including phenoxy) is 1. The Morgan fingerprint density at radius 1 is 1.24 bits per heavy atom. The van der Waals surface area contributed by atoms with E-state index in [9.17, 15) is 22.8 Å². The monoisotopic (exact) mass is 462 g/mol. The summed E-state index contributed by atoms with van der Waals surface area (Å²) in [4.78, 5) is 30.1. The molecule has 1 N–H and O–H groups in total. The predicted octanol–water partition coefficient (Wildman–Crippen LogP) is 4.01. The smallest absolute Gasteiger partial charge is 0.390 e. The van der Waals surface area contributed by atoms with Crippen LogP contribution in [0.1, 0.15) is 47.1 Å². The van der Waals surface area contributed by atoms with E-state index in [0.717, 1.165) is 16.5 Å². The second-order valence-electron chi connectivity index (χ2n) is 8.01. The summed E-state index contributed by atoms with van der Waals surface area (Å²) in [6, 6.07) is 7.86. The fourth-order valence-electron chi connectivity index (χ4n) is 4.22. The lowest BCUT2D eigenvalue weighted by atomic mass is 10.0. The minimum absolute atomic E-state index is 0.0110. The van der Waals surface area contributed by atoms with Crippen LogP contribution in [-0.4, -0.2) is 50.9 Å². The van der Waals surface area contributed by atoms with Gasteiger partial charge in [0.2, 0.25) is 5.91 Å². The second-order valence-corrected chi connectivity index (χ2v) is 8.01. The van der Waals surface area contributed by atoms with Crippen LogP contribution < -0.4 is 0 Å². The maximum absolute atomic E-state index is 12.9. The van der Waals surface area contributed by atoms with Crippen molar-refractivity contribution < 1.29 is 27.5 Å². The molecule has 10 heteroatoms. The molecular weight excluding hydrogens is 437 g/mol. The van der Waals surface area contributed by atoms with Gasteiger partial charge in [-0.25, -0.2) is 4.79 Å². The number of aromatic nitrogens is 3. The van der Waals surface area contributed by atoms with Gasteiger partial charge in [-0.05, 0) is 25.0 Å². The summed E-state index contributed by atoms with van der Waals surface area (Å²) in [6.45, 7) is 1.88. The molecule has 176 valence electrons. The lowest BCUT2D eigenvalue weighted by Crippen LogP contribution is -2.37. The molecule has 1 aromatic carbocycles. The van der Waals surface area contributed by atoms with Gasteiger partial charge < -0.3 is 14.6 Å². The number of carbonyl (C=O) groups is 2. The first kappa shape index (κ1) is 22.9. The molecular formula is C23H25F3N4O3. The van der Waals surface area contributed by atoms with Gasteiger partial charge in [0, 0.05) is 60.8 Å². The lowest BCUT2D eigenvalue weighted by Gasteiger charge is -2.28. The maximum Gasteiger partial charge on any atom is 0.390 e. The Bertz CT molecular complexity index is 1170. The van der Waals surface area contributed by atoms with Gasteiger partial charge in [0.15, 0.2) is 5.69 Å². The van der Waals surface area contributed by atoms with Crippen LogP contribution in [0.2, 0.25) is 0 Å². The van der Waals surface area contributed by atoms with E-state index in [1.807, 2.05) is 30.5 Å². The van der Waals surface area contributed by atoms with E-state index in [2.05, 4.69) is 10.1 Å². The molecule has 4 rings (SSSR count). The summed E-state index contributed by atoms with van der Waals surface area (Å²) in [5.41, 5.74) is 3.07. The second kappa shape index (κ2) is 9.29. The van der Waals surface area contributed by atoms with Crippen molar-refractivity contribution in [2.75, 3.05) is 13.2 Å². The van der Waals surface area contributed by atoms with Crippen molar-refractivity contribution in [3.8, 4) is 0 Å². The number of fused-ring (bicyclic) bond motifs is 2. The predicted molar refractivity (Wildman–Crippen MR) is 115 cm³/mol. The summed E-state index contributed by atoms with van der Waals surface area (Å²) in [7, 11) is 0. The zero-order valence-corrected chi connectivity index (χ0v) is 18.2. The number of hydrogen-bond acceptors (Lipinski definition) is 4. The van der Waals surface area contributed by atoms with E-state index in [-0.39, 0.29) is 37.7 Å². The van der Waals surface area contributed by atoms with Gasteiger partial charge in [-0.2, -0.15) is 18.3 Å². The number of benzene rings is 1. The Labute approximate surface area is 188 Å². The topological polar surface area (TPSA) is 80.2 Å². The van der Waals surface area contributed by atoms with E-state index < -0.39 is 18.6 Å². The maximum atomic E-state index is 12.9. The Balaban J connectivity index is 1.49. The molecule has 0 bridgehead atoms. The number of nitrogens with one attached hydrogen (secondary N) is 1. The van der Waals surface area contributed by atoms with Crippen molar-refractivity contribution in [1.29, 1.82) is 0 Å². The van der Waals surface area contributed by atoms with E-state index in [4.69, 9.17) is 4.74 Å². The van der Waals surface area contributed by atoms with Gasteiger partial charge in [-0.1, -0.05) is 18.2 Å². The third-order valence-corrected chi connectivity index (χ3v) is 5.85. The third kappa shape index (κ3) is 5.04. The molecule has 1 aliphatic rings. The highest BCUT2D eigenvalue weighted by atomic mass is 19.4. The number of rotatable bonds is 7. The normalized spacial score (nSPS) is 13.9. The van der Waals surface area contributed by atoms with Gasteiger partial charge in [-0.3, -0.25) is 9.48 Å². The largest absolute Gasteiger partial charge is 0.461 e. The average Bonchev–Trinajstić information content (AvgIpc) is 3.37. The summed E-state index contributed by atoms with van der Waals surface area (Å²) < 4.78 is 44.5. The van der Waals surface area contributed by atoms with Gasteiger partial charge >= 0.3 is 12.1 Å². The number of halogens is 3. The van der Waals surface area contributed by atoms with E-state index in [1.54, 1.807) is 11.8 Å². The molecule has 0 unspecified atom stereocenters. The van der Waals surface area contributed by atoms with Crippen molar-refractivity contribution in [1.82, 2.24) is 19.7 Å². The van der Waals surface area contributed by atoms with Crippen LogP contribution >= 0.6 is 0 Å². The average molecular weight is 462 g/mol. The number of aryl methyl sites for hydroxylation is 2. The number of hydrogen-bond donors (Lipinski definition) is 1. The molecule has 0 spiro atoms. The van der Waals surface area contributed by atoms with E-state index in [0.29, 0.717) is 30.6 Å². The third-order valence-electron chi connectivity index (χ3n) is 5.85. The number of H-pyrrole nitrogens is 1. The van der Waals surface area contributed by atoms with Gasteiger partial charge in [0.05, 0.1) is 13.0 Å². The molecule has 33 heavy (non-hydrogen) atoms. The van der Waals surface area contributed by atoms with Crippen LogP contribution in [-0.2, 0) is 35.5 Å². The van der Waals surface area contributed by atoms with Crippen LogP contribution in [0.25, 0.3) is 10.9 Å². The first-order chi connectivity index (χ1) is 15.8. The van der Waals surface area contributed by atoms with Gasteiger partial charge in [0.25, 0.3) is 0 Å². The first-order valence-corrected chi connectivity index (χ1v) is 10.9. The molecule has 2 aromatic heterocycles. The van der Waals surface area contributed by atoms with E-state index >= 15 is 0 Å². The molecule has 3 heterocycles. The zero-order valence-electron chi connectivity index (χ0n) is 18.2. The van der Waals surface area contributed by atoms with Crippen LogP contribution in [0.4, 0.5) is 13.2 Å². The Morgan fingerprint density at radius 3 is 2.79 bits per heavy atom. The summed E-state index contributed by atoms with van der Waals surface area (Å²) in [5, 5.41) is 5.20. The number of carbonyl (C=O) groups excluding carboxylic acids is 2. The highest BCUT2D eigenvalue weighted by molar-refractivity contribution is 5.90. The van der Waals surface area contributed by atoms with Crippen molar-refractivity contribution >= 4 is 22.8 Å².